The Morgan fingerprint density at radius 3 is 2.90 bits per heavy atom. The van der Waals surface area contributed by atoms with Gasteiger partial charge in [0.2, 0.25) is 0 Å². The molecule has 3 rings (SSSR count). The maximum Gasteiger partial charge on any atom is 0.251 e. The lowest BCUT2D eigenvalue weighted by Gasteiger charge is -2.22. The standard InChI is InChI=1S/C14H13N3O2S2/c1-14(19,12-3-2-6-20-12)8-15-13(18)9-4-5-10-11(7-9)17-21-16-10/h2-7,19H,8H2,1H3,(H,15,18)/t14-/m1/s1. The summed E-state index contributed by atoms with van der Waals surface area (Å²) in [6.45, 7) is 1.84. The maximum atomic E-state index is 12.2. The van der Waals surface area contributed by atoms with Crippen molar-refractivity contribution in [1.29, 1.82) is 0 Å². The molecule has 2 aromatic heterocycles. The monoisotopic (exact) mass is 319 g/mol. The topological polar surface area (TPSA) is 75.1 Å². The maximum absolute atomic E-state index is 12.2. The summed E-state index contributed by atoms with van der Waals surface area (Å²) >= 11 is 2.58. The van der Waals surface area contributed by atoms with E-state index in [4.69, 9.17) is 0 Å². The minimum atomic E-state index is -1.07. The van der Waals surface area contributed by atoms with Crippen molar-refractivity contribution in [3.8, 4) is 0 Å². The molecule has 0 fully saturated rings. The highest BCUT2D eigenvalue weighted by molar-refractivity contribution is 7.10. The van der Waals surface area contributed by atoms with Crippen LogP contribution in [0.25, 0.3) is 11.0 Å². The van der Waals surface area contributed by atoms with Crippen LogP contribution in [0.5, 0.6) is 0 Å². The molecule has 0 saturated carbocycles. The summed E-state index contributed by atoms with van der Waals surface area (Å²) in [4.78, 5) is 13.0. The van der Waals surface area contributed by atoms with Crippen LogP contribution in [-0.2, 0) is 5.60 Å². The fourth-order valence-corrected chi connectivity index (χ4v) is 3.25. The molecule has 1 amide bonds. The van der Waals surface area contributed by atoms with Crippen molar-refractivity contribution in [2.24, 2.45) is 0 Å². The van der Waals surface area contributed by atoms with Crippen molar-refractivity contribution in [1.82, 2.24) is 14.1 Å². The van der Waals surface area contributed by atoms with Crippen molar-refractivity contribution in [3.05, 3.63) is 46.2 Å². The zero-order valence-electron chi connectivity index (χ0n) is 11.2. The summed E-state index contributed by atoms with van der Waals surface area (Å²) in [6, 6.07) is 8.90. The van der Waals surface area contributed by atoms with Crippen LogP contribution in [0.1, 0.15) is 22.2 Å². The van der Waals surface area contributed by atoms with E-state index in [9.17, 15) is 9.90 Å². The number of carbonyl (C=O) groups is 1. The van der Waals surface area contributed by atoms with Crippen LogP contribution in [0.15, 0.2) is 35.7 Å². The molecular weight excluding hydrogens is 306 g/mol. The Morgan fingerprint density at radius 2 is 2.14 bits per heavy atom. The number of rotatable bonds is 4. The highest BCUT2D eigenvalue weighted by Crippen LogP contribution is 2.24. The van der Waals surface area contributed by atoms with Gasteiger partial charge in [0.05, 0.1) is 18.3 Å². The fraction of sp³-hybridized carbons (Fsp3) is 0.214. The molecule has 0 spiro atoms. The van der Waals surface area contributed by atoms with Gasteiger partial charge < -0.3 is 10.4 Å². The van der Waals surface area contributed by atoms with Crippen molar-refractivity contribution in [2.45, 2.75) is 12.5 Å². The third-order valence-electron chi connectivity index (χ3n) is 3.16. The summed E-state index contributed by atoms with van der Waals surface area (Å²) in [5, 5.41) is 15.0. The second-order valence-corrected chi connectivity index (χ2v) is 6.38. The largest absolute Gasteiger partial charge is 0.383 e. The van der Waals surface area contributed by atoms with Gasteiger partial charge in [0.15, 0.2) is 0 Å². The number of hydrogen-bond acceptors (Lipinski definition) is 6. The van der Waals surface area contributed by atoms with Gasteiger partial charge in [-0.05, 0) is 36.6 Å². The van der Waals surface area contributed by atoms with Crippen LogP contribution in [0, 0.1) is 0 Å². The van der Waals surface area contributed by atoms with Gasteiger partial charge in [-0.2, -0.15) is 8.75 Å². The van der Waals surface area contributed by atoms with Crippen molar-refractivity contribution in [3.63, 3.8) is 0 Å². The van der Waals surface area contributed by atoms with E-state index >= 15 is 0 Å². The quantitative estimate of drug-likeness (QED) is 0.774. The fourth-order valence-electron chi connectivity index (χ4n) is 1.95. The Hall–Kier alpha value is -1.83. The van der Waals surface area contributed by atoms with Crippen LogP contribution in [0.2, 0.25) is 0 Å². The van der Waals surface area contributed by atoms with Crippen molar-refractivity contribution >= 4 is 40.0 Å². The van der Waals surface area contributed by atoms with Gasteiger partial charge in [-0.15, -0.1) is 11.3 Å². The first-order valence-electron chi connectivity index (χ1n) is 6.33. The number of nitrogens with one attached hydrogen (secondary N) is 1. The van der Waals surface area contributed by atoms with Gasteiger partial charge in [0.25, 0.3) is 5.91 Å². The van der Waals surface area contributed by atoms with E-state index in [-0.39, 0.29) is 12.5 Å². The number of fused-ring (bicyclic) bond motifs is 1. The molecule has 7 heteroatoms. The lowest BCUT2D eigenvalue weighted by atomic mass is 10.0. The number of carbonyl (C=O) groups excluding carboxylic acids is 1. The number of benzene rings is 1. The van der Waals surface area contributed by atoms with Crippen LogP contribution in [-0.4, -0.2) is 26.3 Å². The molecule has 0 aliphatic carbocycles. The first kappa shape index (κ1) is 14.1. The lowest BCUT2D eigenvalue weighted by molar-refractivity contribution is 0.0557. The SMILES string of the molecule is C[C@@](O)(CNC(=O)c1ccc2nsnc2c1)c1cccs1. The molecule has 2 heterocycles. The molecule has 21 heavy (non-hydrogen) atoms. The number of aromatic nitrogens is 2. The summed E-state index contributed by atoms with van der Waals surface area (Å²) < 4.78 is 8.21. The number of hydrogen-bond donors (Lipinski definition) is 2. The molecular formula is C14H13N3O2S2. The first-order valence-corrected chi connectivity index (χ1v) is 7.94. The molecule has 1 aromatic carbocycles. The molecule has 5 nitrogen and oxygen atoms in total. The van der Waals surface area contributed by atoms with Crippen LogP contribution < -0.4 is 5.32 Å². The van der Waals surface area contributed by atoms with E-state index in [0.717, 1.165) is 22.1 Å². The average Bonchev–Trinajstić information content (AvgIpc) is 3.14. The zero-order valence-corrected chi connectivity index (χ0v) is 12.9. The summed E-state index contributed by atoms with van der Waals surface area (Å²) in [5.74, 6) is -0.235. The van der Waals surface area contributed by atoms with E-state index < -0.39 is 5.60 Å². The van der Waals surface area contributed by atoms with E-state index in [1.54, 1.807) is 25.1 Å². The first-order chi connectivity index (χ1) is 10.1. The second-order valence-electron chi connectivity index (χ2n) is 4.90. The lowest BCUT2D eigenvalue weighted by Crippen LogP contribution is -2.38. The predicted molar refractivity (Wildman–Crippen MR) is 83.6 cm³/mol. The third kappa shape index (κ3) is 2.94. The highest BCUT2D eigenvalue weighted by Gasteiger charge is 2.25. The Labute approximate surface area is 129 Å². The molecule has 0 unspecified atom stereocenters. The van der Waals surface area contributed by atoms with Gasteiger partial charge >= 0.3 is 0 Å². The normalized spacial score (nSPS) is 14.0. The van der Waals surface area contributed by atoms with Gasteiger partial charge in [-0.1, -0.05) is 6.07 Å². The predicted octanol–water partition coefficient (Wildman–Crippen LogP) is 2.39. The summed E-state index contributed by atoms with van der Waals surface area (Å²) in [6.07, 6.45) is 0. The molecule has 0 saturated heterocycles. The minimum absolute atomic E-state index is 0.152. The van der Waals surface area contributed by atoms with Crippen LogP contribution >= 0.6 is 23.1 Å². The Bertz CT molecular complexity index is 765. The zero-order chi connectivity index (χ0) is 14.9. The van der Waals surface area contributed by atoms with E-state index in [1.807, 2.05) is 17.5 Å². The molecule has 0 aliphatic heterocycles. The Balaban J connectivity index is 1.71. The van der Waals surface area contributed by atoms with Crippen LogP contribution in [0.4, 0.5) is 0 Å². The molecule has 0 radical (unpaired) electrons. The number of amides is 1. The molecule has 2 N–H and O–H groups in total. The van der Waals surface area contributed by atoms with Crippen LogP contribution in [0.3, 0.4) is 0 Å². The highest BCUT2D eigenvalue weighted by atomic mass is 32.1. The smallest absolute Gasteiger partial charge is 0.251 e. The number of thiophene rings is 1. The summed E-state index contributed by atoms with van der Waals surface area (Å²) in [5.41, 5.74) is 0.924. The van der Waals surface area contributed by atoms with Crippen molar-refractivity contribution in [2.75, 3.05) is 6.54 Å². The molecule has 3 aromatic rings. The Morgan fingerprint density at radius 1 is 1.33 bits per heavy atom. The van der Waals surface area contributed by atoms with E-state index in [2.05, 4.69) is 14.1 Å². The third-order valence-corrected chi connectivity index (χ3v) is 4.84. The van der Waals surface area contributed by atoms with Gasteiger partial charge in [-0.3, -0.25) is 4.79 Å². The molecule has 108 valence electrons. The minimum Gasteiger partial charge on any atom is -0.383 e. The van der Waals surface area contributed by atoms with Gasteiger partial charge in [0, 0.05) is 10.4 Å². The molecule has 0 bridgehead atoms. The second kappa shape index (κ2) is 5.51. The average molecular weight is 319 g/mol. The van der Waals surface area contributed by atoms with Gasteiger partial charge in [0.1, 0.15) is 16.6 Å². The van der Waals surface area contributed by atoms with E-state index in [1.165, 1.54) is 11.3 Å². The molecule has 0 aliphatic rings. The van der Waals surface area contributed by atoms with E-state index in [0.29, 0.717) is 11.1 Å². The number of nitrogens with zero attached hydrogens (tertiary/aromatic N) is 2. The summed E-state index contributed by atoms with van der Waals surface area (Å²) in [7, 11) is 0. The Kier molecular flexibility index (Phi) is 3.71. The van der Waals surface area contributed by atoms with Crippen molar-refractivity contribution < 1.29 is 9.90 Å². The molecule has 1 atom stereocenters. The number of aliphatic hydroxyl groups is 1. The van der Waals surface area contributed by atoms with Gasteiger partial charge in [-0.25, -0.2) is 0 Å².